The van der Waals surface area contributed by atoms with Crippen LogP contribution in [0.2, 0.25) is 0 Å². The van der Waals surface area contributed by atoms with Crippen molar-refractivity contribution in [2.75, 3.05) is 31.5 Å². The maximum Gasteiger partial charge on any atom is 0.436 e. The summed E-state index contributed by atoms with van der Waals surface area (Å²) in [7, 11) is -1.76. The number of aliphatic imine (C=N–C) groups is 1. The highest BCUT2D eigenvalue weighted by Gasteiger charge is 2.21. The Labute approximate surface area is 218 Å². The smallest absolute Gasteiger partial charge is 0.436 e. The van der Waals surface area contributed by atoms with Gasteiger partial charge in [0, 0.05) is 0 Å². The highest BCUT2D eigenvalue weighted by Crippen LogP contribution is 2.29. The minimum atomic E-state index is -3.95. The van der Waals surface area contributed by atoms with Crippen molar-refractivity contribution < 1.29 is 37.0 Å². The molecule has 198 valence electrons. The van der Waals surface area contributed by atoms with E-state index in [-0.39, 0.29) is 27.8 Å². The molecule has 0 heterocycles. The first-order chi connectivity index (χ1) is 18.2. The number of rotatable bonds is 7. The zero-order valence-corrected chi connectivity index (χ0v) is 21.2. The van der Waals surface area contributed by atoms with Gasteiger partial charge >= 0.3 is 12.2 Å². The maximum absolute atomic E-state index is 13.2. The van der Waals surface area contributed by atoms with Gasteiger partial charge in [-0.25, -0.2) is 18.0 Å². The third-order valence-corrected chi connectivity index (χ3v) is 6.55. The van der Waals surface area contributed by atoms with Crippen LogP contribution in [0.25, 0.3) is 0 Å². The molecule has 0 saturated carbocycles. The van der Waals surface area contributed by atoms with E-state index >= 15 is 0 Å². The van der Waals surface area contributed by atoms with Crippen LogP contribution < -0.4 is 20.7 Å². The fourth-order valence-corrected chi connectivity index (χ4v) is 4.30. The van der Waals surface area contributed by atoms with E-state index in [4.69, 9.17) is 4.74 Å². The third-order valence-electron chi connectivity index (χ3n) is 4.78. The molecule has 12 nitrogen and oxygen atoms in total. The number of nitrogens with zero attached hydrogens (tertiary/aromatic N) is 1. The number of hydrogen-bond acceptors (Lipinski definition) is 8. The molecule has 0 saturated heterocycles. The van der Waals surface area contributed by atoms with E-state index in [0.29, 0.717) is 5.75 Å². The summed E-state index contributed by atoms with van der Waals surface area (Å²) >= 11 is 0. The lowest BCUT2D eigenvalue weighted by atomic mass is 10.2. The van der Waals surface area contributed by atoms with Gasteiger partial charge in [0.2, 0.25) is 15.8 Å². The van der Waals surface area contributed by atoms with Gasteiger partial charge in [-0.2, -0.15) is 0 Å². The Kier molecular flexibility index (Phi) is 9.37. The van der Waals surface area contributed by atoms with Crippen molar-refractivity contribution in [3.05, 3.63) is 78.9 Å². The zero-order valence-electron chi connectivity index (χ0n) is 20.3. The minimum absolute atomic E-state index is 0.00657. The van der Waals surface area contributed by atoms with Crippen molar-refractivity contribution in [1.82, 2.24) is 5.32 Å². The lowest BCUT2D eigenvalue weighted by molar-refractivity contribution is -0.118. The number of ether oxygens (including phenoxy) is 3. The molecule has 38 heavy (non-hydrogen) atoms. The number of amides is 3. The zero-order chi connectivity index (χ0) is 27.5. The molecule has 0 bridgehead atoms. The fourth-order valence-electron chi connectivity index (χ4n) is 2.99. The average molecular weight is 541 g/mol. The molecule has 0 radical (unpaired) electrons. The molecule has 3 amide bonds. The van der Waals surface area contributed by atoms with Crippen molar-refractivity contribution in [3.8, 4) is 5.75 Å². The largest absolute Gasteiger partial charge is 0.484 e. The van der Waals surface area contributed by atoms with E-state index in [2.05, 4.69) is 30.4 Å². The van der Waals surface area contributed by atoms with E-state index < -0.39 is 33.9 Å². The van der Waals surface area contributed by atoms with Crippen molar-refractivity contribution in [1.29, 1.82) is 0 Å². The molecule has 0 spiro atoms. The molecule has 3 aromatic carbocycles. The number of alkyl carbamates (subject to hydrolysis) is 1. The molecule has 0 aliphatic heterocycles. The second-order valence-electron chi connectivity index (χ2n) is 7.35. The third kappa shape index (κ3) is 7.54. The topological polar surface area (TPSA) is 161 Å². The number of sulfone groups is 1. The predicted molar refractivity (Wildman–Crippen MR) is 138 cm³/mol. The first-order valence-electron chi connectivity index (χ1n) is 10.9. The molecule has 13 heteroatoms. The molecule has 0 aliphatic carbocycles. The van der Waals surface area contributed by atoms with Crippen LogP contribution in [-0.4, -0.2) is 53.3 Å². The van der Waals surface area contributed by atoms with Gasteiger partial charge in [0.05, 0.1) is 35.4 Å². The number of nitrogens with one attached hydrogen (secondary N) is 3. The van der Waals surface area contributed by atoms with Crippen LogP contribution in [0.4, 0.5) is 21.0 Å². The Morgan fingerprint density at radius 2 is 1.45 bits per heavy atom. The molecule has 0 aromatic heterocycles. The molecule has 0 atom stereocenters. The first-order valence-corrected chi connectivity index (χ1v) is 12.4. The Morgan fingerprint density at radius 3 is 2.08 bits per heavy atom. The van der Waals surface area contributed by atoms with Gasteiger partial charge in [-0.1, -0.05) is 36.4 Å². The number of guanidine groups is 1. The monoisotopic (exact) mass is 540 g/mol. The summed E-state index contributed by atoms with van der Waals surface area (Å²) in [5.74, 6) is -0.562. The summed E-state index contributed by atoms with van der Waals surface area (Å²) in [5.41, 5.74) is 0.0806. The number of anilines is 2. The second-order valence-corrected chi connectivity index (χ2v) is 9.30. The number of carbonyl (C=O) groups excluding carboxylic acids is 3. The Bertz CT molecular complexity index is 1430. The number of benzene rings is 3. The molecule has 0 fully saturated rings. The van der Waals surface area contributed by atoms with Crippen LogP contribution in [-0.2, 0) is 24.1 Å². The lowest BCUT2D eigenvalue weighted by Crippen LogP contribution is -2.37. The van der Waals surface area contributed by atoms with Gasteiger partial charge < -0.3 is 24.8 Å². The quantitative estimate of drug-likeness (QED) is 0.301. The summed E-state index contributed by atoms with van der Waals surface area (Å²) in [6.07, 6.45) is -2.00. The van der Waals surface area contributed by atoms with Gasteiger partial charge in [0.1, 0.15) is 5.75 Å². The van der Waals surface area contributed by atoms with Gasteiger partial charge in [-0.05, 0) is 42.5 Å². The Morgan fingerprint density at radius 1 is 0.789 bits per heavy atom. The van der Waals surface area contributed by atoms with E-state index in [9.17, 15) is 22.8 Å². The summed E-state index contributed by atoms with van der Waals surface area (Å²) in [4.78, 5) is 39.6. The van der Waals surface area contributed by atoms with Gasteiger partial charge in [-0.15, -0.1) is 4.99 Å². The van der Waals surface area contributed by atoms with Crippen LogP contribution in [0.1, 0.15) is 0 Å². The van der Waals surface area contributed by atoms with E-state index in [1.807, 2.05) is 0 Å². The van der Waals surface area contributed by atoms with Crippen LogP contribution in [0.5, 0.6) is 5.75 Å². The SMILES string of the molecule is COC(=O)/N=C(/NC(=O)OC)Nc1ccc(S(=O)(=O)c2ccccc2)cc1NC(=O)COc1ccccc1. The maximum atomic E-state index is 13.2. The molecule has 0 unspecified atom stereocenters. The number of hydrogen-bond donors (Lipinski definition) is 3. The van der Waals surface area contributed by atoms with Crippen LogP contribution in [0.15, 0.2) is 93.6 Å². The molecular weight excluding hydrogens is 516 g/mol. The normalized spacial score (nSPS) is 11.2. The second kappa shape index (κ2) is 12.9. The highest BCUT2D eigenvalue weighted by molar-refractivity contribution is 7.91. The summed E-state index contributed by atoms with van der Waals surface area (Å²) in [6.45, 7) is -0.386. The molecule has 3 N–H and O–H groups in total. The van der Waals surface area contributed by atoms with Gasteiger partial charge in [0.15, 0.2) is 6.61 Å². The fraction of sp³-hybridized carbons (Fsp3) is 0.120. The summed E-state index contributed by atoms with van der Waals surface area (Å²) in [5, 5.41) is 7.44. The van der Waals surface area contributed by atoms with E-state index in [1.165, 1.54) is 30.3 Å². The number of para-hydroxylation sites is 1. The van der Waals surface area contributed by atoms with Crippen LogP contribution in [0.3, 0.4) is 0 Å². The van der Waals surface area contributed by atoms with Crippen molar-refractivity contribution in [3.63, 3.8) is 0 Å². The Balaban J connectivity index is 1.96. The lowest BCUT2D eigenvalue weighted by Gasteiger charge is -2.16. The molecule has 0 aliphatic rings. The summed E-state index contributed by atoms with van der Waals surface area (Å²) in [6, 6.07) is 20.2. The van der Waals surface area contributed by atoms with Crippen molar-refractivity contribution >= 4 is 45.3 Å². The number of carbonyl (C=O) groups is 3. The summed E-state index contributed by atoms with van der Waals surface area (Å²) < 4.78 is 40.8. The highest BCUT2D eigenvalue weighted by atomic mass is 32.2. The standard InChI is InChI=1S/C25H24N4O8S/c1-35-24(31)28-23(29-25(32)36-2)27-20-14-13-19(38(33,34)18-11-7-4-8-12-18)15-21(20)26-22(30)16-37-17-9-5-3-6-10-17/h3-15H,16H2,1-2H3,(H,26,30)(H2,27,28,29,31,32). The first kappa shape index (κ1) is 27.7. The average Bonchev–Trinajstić information content (AvgIpc) is 2.93. The molecule has 3 aromatic rings. The minimum Gasteiger partial charge on any atom is -0.484 e. The van der Waals surface area contributed by atoms with Crippen LogP contribution >= 0.6 is 0 Å². The van der Waals surface area contributed by atoms with Crippen molar-refractivity contribution in [2.45, 2.75) is 9.79 Å². The van der Waals surface area contributed by atoms with E-state index in [0.717, 1.165) is 14.2 Å². The van der Waals surface area contributed by atoms with E-state index in [1.54, 1.807) is 48.5 Å². The Hall–Kier alpha value is -4.91. The molecular formula is C25H24N4O8S. The molecule has 3 rings (SSSR count). The van der Waals surface area contributed by atoms with Crippen molar-refractivity contribution in [2.24, 2.45) is 4.99 Å². The number of methoxy groups -OCH3 is 2. The van der Waals surface area contributed by atoms with Gasteiger partial charge in [0.25, 0.3) is 5.91 Å². The van der Waals surface area contributed by atoms with Gasteiger partial charge in [-0.3, -0.25) is 10.1 Å². The predicted octanol–water partition coefficient (Wildman–Crippen LogP) is 3.43. The van der Waals surface area contributed by atoms with Crippen LogP contribution in [0, 0.1) is 0 Å².